The van der Waals surface area contributed by atoms with Gasteiger partial charge in [0.2, 0.25) is 0 Å². The van der Waals surface area contributed by atoms with Gasteiger partial charge in [0.25, 0.3) is 0 Å². The first-order valence-electron chi connectivity index (χ1n) is 10.3. The number of rotatable bonds is 6. The number of carbonyl (C=O) groups is 1. The maximum absolute atomic E-state index is 12.7. The molecule has 0 bridgehead atoms. The van der Waals surface area contributed by atoms with Gasteiger partial charge in [-0.1, -0.05) is 64.3 Å². The molecule has 0 N–H and O–H groups in total. The second-order valence-electron chi connectivity index (χ2n) is 10.5. The van der Waals surface area contributed by atoms with Gasteiger partial charge >= 0.3 is 0 Å². The lowest BCUT2D eigenvalue weighted by Crippen LogP contribution is -2.41. The van der Waals surface area contributed by atoms with Crippen molar-refractivity contribution in [2.24, 2.45) is 0 Å². The fourth-order valence-corrected chi connectivity index (χ4v) is 5.80. The fourth-order valence-electron chi connectivity index (χ4n) is 3.41. The van der Waals surface area contributed by atoms with Crippen molar-refractivity contribution in [3.05, 3.63) is 40.6 Å². The summed E-state index contributed by atoms with van der Waals surface area (Å²) in [6, 6.07) is 6.41. The summed E-state index contributed by atoms with van der Waals surface area (Å²) in [6.07, 6.45) is 3.58. The summed E-state index contributed by atoms with van der Waals surface area (Å²) < 4.78 is 6.46. The highest BCUT2D eigenvalue weighted by Crippen LogP contribution is 2.37. The Hall–Kier alpha value is -0.976. The van der Waals surface area contributed by atoms with Gasteiger partial charge in [-0.15, -0.1) is 0 Å². The number of fused-ring (bicyclic) bond motifs is 1. The minimum absolute atomic E-state index is 0.220. The highest BCUT2D eigenvalue weighted by molar-refractivity contribution is 6.81. The zero-order valence-electron chi connectivity index (χ0n) is 18.7. The largest absolute Gasteiger partial charge is 0.416 e. The van der Waals surface area contributed by atoms with E-state index in [9.17, 15) is 4.79 Å². The van der Waals surface area contributed by atoms with Crippen LogP contribution in [0.25, 0.3) is 5.57 Å². The molecule has 0 saturated carbocycles. The zero-order valence-corrected chi connectivity index (χ0v) is 20.7. The Bertz CT molecular complexity index is 719. The maximum atomic E-state index is 12.7. The molecule has 0 unspecified atom stereocenters. The van der Waals surface area contributed by atoms with Crippen LogP contribution in [0.3, 0.4) is 0 Å². The van der Waals surface area contributed by atoms with Crippen LogP contribution in [-0.4, -0.2) is 28.8 Å². The van der Waals surface area contributed by atoms with Crippen LogP contribution in [0.4, 0.5) is 0 Å². The molecule has 0 saturated heterocycles. The molecule has 1 aliphatic carbocycles. The van der Waals surface area contributed by atoms with Gasteiger partial charge in [0.1, 0.15) is 0 Å². The Morgan fingerprint density at radius 1 is 1.11 bits per heavy atom. The molecule has 1 aromatic rings. The Morgan fingerprint density at radius 3 is 2.37 bits per heavy atom. The van der Waals surface area contributed by atoms with Gasteiger partial charge in [-0.3, -0.25) is 4.79 Å². The van der Waals surface area contributed by atoms with Gasteiger partial charge in [-0.25, -0.2) is 0 Å². The Labute approximate surface area is 168 Å². The Kier molecular flexibility index (Phi) is 6.76. The topological polar surface area (TPSA) is 26.3 Å². The molecule has 2 nitrogen and oxygen atoms in total. The van der Waals surface area contributed by atoms with Gasteiger partial charge in [-0.2, -0.15) is 0 Å². The third kappa shape index (κ3) is 5.75. The quantitative estimate of drug-likeness (QED) is 0.485. The highest BCUT2D eigenvalue weighted by Gasteiger charge is 2.37. The van der Waals surface area contributed by atoms with E-state index in [1.54, 1.807) is 0 Å². The minimum Gasteiger partial charge on any atom is -0.416 e. The van der Waals surface area contributed by atoms with Crippen LogP contribution in [0.1, 0.15) is 61.5 Å². The van der Waals surface area contributed by atoms with Crippen molar-refractivity contribution >= 4 is 27.7 Å². The molecule has 0 aromatic heterocycles. The van der Waals surface area contributed by atoms with Crippen molar-refractivity contribution in [2.75, 3.05) is 6.61 Å². The predicted octanol–water partition coefficient (Wildman–Crippen LogP) is 6.88. The van der Waals surface area contributed by atoms with Crippen LogP contribution in [0.15, 0.2) is 23.9 Å². The summed E-state index contributed by atoms with van der Waals surface area (Å²) in [7, 11) is -3.18. The average molecular weight is 403 g/mol. The maximum Gasteiger partial charge on any atom is 0.191 e. The van der Waals surface area contributed by atoms with Crippen LogP contribution in [0.5, 0.6) is 0 Å². The van der Waals surface area contributed by atoms with Crippen molar-refractivity contribution in [2.45, 2.75) is 84.2 Å². The van der Waals surface area contributed by atoms with Crippen molar-refractivity contribution < 1.29 is 9.22 Å². The minimum atomic E-state index is -1.76. The summed E-state index contributed by atoms with van der Waals surface area (Å²) in [5.41, 5.74) is 7.18. The van der Waals surface area contributed by atoms with E-state index in [0.29, 0.717) is 12.2 Å². The smallest absolute Gasteiger partial charge is 0.191 e. The molecule has 1 aromatic carbocycles. The van der Waals surface area contributed by atoms with E-state index in [1.165, 1.54) is 16.7 Å². The van der Waals surface area contributed by atoms with Crippen LogP contribution in [-0.2, 0) is 10.8 Å². The molecule has 0 radical (unpaired) electrons. The van der Waals surface area contributed by atoms with Gasteiger partial charge in [0.05, 0.1) is 8.07 Å². The number of Topliss-reactive ketones (excluding diaryl/α,β-unsaturated/α-hetero) is 1. The first-order chi connectivity index (χ1) is 12.3. The first kappa shape index (κ1) is 22.3. The summed E-state index contributed by atoms with van der Waals surface area (Å²) >= 11 is 0. The summed E-state index contributed by atoms with van der Waals surface area (Å²) in [4.78, 5) is 12.7. The van der Waals surface area contributed by atoms with E-state index < -0.39 is 16.4 Å². The molecule has 0 spiro atoms. The Balaban J connectivity index is 2.33. The zero-order chi connectivity index (χ0) is 20.5. The van der Waals surface area contributed by atoms with Gasteiger partial charge < -0.3 is 4.43 Å². The molecular weight excluding hydrogens is 364 g/mol. The molecule has 0 amide bonds. The monoisotopic (exact) mass is 402 g/mol. The van der Waals surface area contributed by atoms with E-state index in [0.717, 1.165) is 31.4 Å². The first-order valence-corrected chi connectivity index (χ1v) is 16.8. The summed E-state index contributed by atoms with van der Waals surface area (Å²) in [6.45, 7) is 19.3. The molecule has 0 fully saturated rings. The molecule has 4 heteroatoms. The van der Waals surface area contributed by atoms with Crippen molar-refractivity contribution in [3.63, 3.8) is 0 Å². The molecule has 0 aliphatic heterocycles. The molecule has 2 rings (SSSR count). The molecule has 27 heavy (non-hydrogen) atoms. The van der Waals surface area contributed by atoms with E-state index in [2.05, 4.69) is 77.4 Å². The average Bonchev–Trinajstić information content (AvgIpc) is 2.51. The molecule has 1 aliphatic rings. The number of hydrogen-bond acceptors (Lipinski definition) is 2. The molecule has 0 heterocycles. The second kappa shape index (κ2) is 8.18. The van der Waals surface area contributed by atoms with Gasteiger partial charge in [0.15, 0.2) is 14.1 Å². The fraction of sp³-hybridized carbons (Fsp3) is 0.609. The van der Waals surface area contributed by atoms with E-state index in [1.807, 2.05) is 0 Å². The SMILES string of the molecule is CC(C)(C)[Si](C)(C)OCC/C(=C/[Si](C)(C)C)c1cccc2c1C(=O)CCC2. The third-order valence-electron chi connectivity index (χ3n) is 5.87. The molecule has 0 atom stereocenters. The van der Waals surface area contributed by atoms with Crippen LogP contribution in [0, 0.1) is 0 Å². The van der Waals surface area contributed by atoms with E-state index in [-0.39, 0.29) is 5.04 Å². The lowest BCUT2D eigenvalue weighted by molar-refractivity contribution is 0.0972. The lowest BCUT2D eigenvalue weighted by Gasteiger charge is -2.36. The van der Waals surface area contributed by atoms with Crippen LogP contribution < -0.4 is 0 Å². The van der Waals surface area contributed by atoms with Gasteiger partial charge in [-0.05, 0) is 54.1 Å². The Morgan fingerprint density at radius 2 is 1.78 bits per heavy atom. The number of carbonyl (C=O) groups excluding carboxylic acids is 1. The van der Waals surface area contributed by atoms with Crippen LogP contribution >= 0.6 is 0 Å². The number of aryl methyl sites for hydroxylation is 1. The number of benzene rings is 1. The van der Waals surface area contributed by atoms with Crippen molar-refractivity contribution in [1.29, 1.82) is 0 Å². The van der Waals surface area contributed by atoms with Crippen molar-refractivity contribution in [3.8, 4) is 0 Å². The lowest BCUT2D eigenvalue weighted by atomic mass is 9.84. The van der Waals surface area contributed by atoms with Crippen LogP contribution in [0.2, 0.25) is 37.8 Å². The van der Waals surface area contributed by atoms with E-state index >= 15 is 0 Å². The summed E-state index contributed by atoms with van der Waals surface area (Å²) in [5.74, 6) is 0.318. The van der Waals surface area contributed by atoms with Gasteiger partial charge in [0, 0.05) is 18.6 Å². The standard InChI is InChI=1S/C23H38O2Si2/c1-23(2,3)27(7,8)25-16-15-19(17-26(4,5)6)20-13-9-11-18-12-10-14-21(24)22(18)20/h9,11,13,17H,10,12,14-16H2,1-8H3/b19-17-. The normalized spacial score (nSPS) is 16.4. The van der Waals surface area contributed by atoms with Crippen molar-refractivity contribution in [1.82, 2.24) is 0 Å². The third-order valence-corrected chi connectivity index (χ3v) is 11.6. The summed E-state index contributed by atoms with van der Waals surface area (Å²) in [5, 5.41) is 0.220. The van der Waals surface area contributed by atoms with E-state index in [4.69, 9.17) is 4.43 Å². The molecular formula is C23H38O2Si2. The number of hydrogen-bond donors (Lipinski definition) is 0. The molecule has 150 valence electrons. The number of ketones is 1. The predicted molar refractivity (Wildman–Crippen MR) is 123 cm³/mol. The second-order valence-corrected chi connectivity index (χ2v) is 20.3. The highest BCUT2D eigenvalue weighted by atomic mass is 28.4.